The highest BCUT2D eigenvalue weighted by Gasteiger charge is 2.20. The molecule has 0 aromatic heterocycles. The molecule has 2 atom stereocenters. The SMILES string of the molecule is Cc1ccc(C(c2ccccc2)C(C)Br)c(C)c1. The number of hydrogen-bond donors (Lipinski definition) is 0. The maximum atomic E-state index is 3.77. The van der Waals surface area contributed by atoms with Crippen molar-refractivity contribution in [2.45, 2.75) is 31.5 Å². The monoisotopic (exact) mass is 302 g/mol. The van der Waals surface area contributed by atoms with Crippen LogP contribution >= 0.6 is 15.9 Å². The lowest BCUT2D eigenvalue weighted by molar-refractivity contribution is 0.799. The van der Waals surface area contributed by atoms with Crippen molar-refractivity contribution in [2.75, 3.05) is 0 Å². The maximum absolute atomic E-state index is 3.77. The number of rotatable bonds is 3. The van der Waals surface area contributed by atoms with E-state index in [0.717, 1.165) is 0 Å². The molecule has 0 saturated carbocycles. The van der Waals surface area contributed by atoms with Gasteiger partial charge in [0.15, 0.2) is 0 Å². The van der Waals surface area contributed by atoms with Crippen molar-refractivity contribution in [1.82, 2.24) is 0 Å². The Morgan fingerprint density at radius 3 is 2.17 bits per heavy atom. The number of halogens is 1. The molecule has 2 unspecified atom stereocenters. The van der Waals surface area contributed by atoms with Gasteiger partial charge in [0.2, 0.25) is 0 Å². The Hall–Kier alpha value is -1.08. The van der Waals surface area contributed by atoms with Crippen LogP contribution in [0.3, 0.4) is 0 Å². The van der Waals surface area contributed by atoms with Crippen molar-refractivity contribution in [3.05, 3.63) is 70.8 Å². The lowest BCUT2D eigenvalue weighted by Gasteiger charge is -2.23. The zero-order chi connectivity index (χ0) is 13.1. The summed E-state index contributed by atoms with van der Waals surface area (Å²) in [4.78, 5) is 0.418. The van der Waals surface area contributed by atoms with Gasteiger partial charge in [0.1, 0.15) is 0 Å². The fourth-order valence-corrected chi connectivity index (χ4v) is 3.12. The van der Waals surface area contributed by atoms with Crippen molar-refractivity contribution in [3.8, 4) is 0 Å². The van der Waals surface area contributed by atoms with E-state index in [1.807, 2.05) is 0 Å². The standard InChI is InChI=1S/C17H19Br/c1-12-9-10-16(13(2)11-12)17(14(3)18)15-7-5-4-6-8-15/h4-11,14,17H,1-3H3. The number of aryl methyl sites for hydroxylation is 2. The first-order valence-electron chi connectivity index (χ1n) is 6.35. The summed E-state index contributed by atoms with van der Waals surface area (Å²) < 4.78 is 0. The van der Waals surface area contributed by atoms with Crippen LogP contribution < -0.4 is 0 Å². The second-order valence-corrected chi connectivity index (χ2v) is 6.37. The van der Waals surface area contributed by atoms with Gasteiger partial charge in [0.25, 0.3) is 0 Å². The molecule has 0 spiro atoms. The van der Waals surface area contributed by atoms with E-state index < -0.39 is 0 Å². The molecule has 0 fully saturated rings. The lowest BCUT2D eigenvalue weighted by atomic mass is 9.86. The zero-order valence-corrected chi connectivity index (χ0v) is 12.7. The fraction of sp³-hybridized carbons (Fsp3) is 0.294. The molecule has 0 aliphatic rings. The molecule has 0 nitrogen and oxygen atoms in total. The summed E-state index contributed by atoms with van der Waals surface area (Å²) in [5.74, 6) is 0.409. The number of benzene rings is 2. The van der Waals surface area contributed by atoms with Gasteiger partial charge in [-0.25, -0.2) is 0 Å². The highest BCUT2D eigenvalue weighted by atomic mass is 79.9. The minimum atomic E-state index is 0.409. The van der Waals surface area contributed by atoms with E-state index >= 15 is 0 Å². The minimum Gasteiger partial charge on any atom is -0.0883 e. The molecular weight excluding hydrogens is 284 g/mol. The summed E-state index contributed by atoms with van der Waals surface area (Å²) in [6, 6.07) is 17.4. The summed E-state index contributed by atoms with van der Waals surface area (Å²) in [6.07, 6.45) is 0. The first kappa shape index (κ1) is 13.4. The van der Waals surface area contributed by atoms with Gasteiger partial charge in [-0.05, 0) is 30.5 Å². The Morgan fingerprint density at radius 2 is 1.61 bits per heavy atom. The third-order valence-electron chi connectivity index (χ3n) is 3.38. The van der Waals surface area contributed by atoms with Crippen molar-refractivity contribution in [1.29, 1.82) is 0 Å². The van der Waals surface area contributed by atoms with E-state index in [2.05, 4.69) is 85.2 Å². The quantitative estimate of drug-likeness (QED) is 0.682. The summed E-state index contributed by atoms with van der Waals surface area (Å²) in [7, 11) is 0. The first-order valence-corrected chi connectivity index (χ1v) is 7.27. The predicted molar refractivity (Wildman–Crippen MR) is 82.6 cm³/mol. The van der Waals surface area contributed by atoms with Crippen LogP contribution in [0.15, 0.2) is 48.5 Å². The Kier molecular flexibility index (Phi) is 4.23. The lowest BCUT2D eigenvalue weighted by Crippen LogP contribution is -2.12. The molecule has 18 heavy (non-hydrogen) atoms. The molecule has 1 heteroatoms. The van der Waals surface area contributed by atoms with E-state index in [1.165, 1.54) is 22.3 Å². The van der Waals surface area contributed by atoms with Crippen LogP contribution in [0.25, 0.3) is 0 Å². The summed E-state index contributed by atoms with van der Waals surface area (Å²) in [5.41, 5.74) is 5.48. The molecule has 2 rings (SSSR count). The number of alkyl halides is 1. The van der Waals surface area contributed by atoms with Crippen LogP contribution in [-0.4, -0.2) is 4.83 Å². The smallest absolute Gasteiger partial charge is 0.0227 e. The molecular formula is C17H19Br. The summed E-state index contributed by atoms with van der Waals surface area (Å²) in [5, 5.41) is 0. The normalized spacial score (nSPS) is 14.2. The number of hydrogen-bond acceptors (Lipinski definition) is 0. The Morgan fingerprint density at radius 1 is 0.944 bits per heavy atom. The van der Waals surface area contributed by atoms with Crippen LogP contribution in [0.5, 0.6) is 0 Å². The van der Waals surface area contributed by atoms with E-state index in [9.17, 15) is 0 Å². The molecule has 0 bridgehead atoms. The Labute approximate surface area is 118 Å². The van der Waals surface area contributed by atoms with Crippen molar-refractivity contribution >= 4 is 15.9 Å². The molecule has 0 heterocycles. The van der Waals surface area contributed by atoms with E-state index in [-0.39, 0.29) is 0 Å². The topological polar surface area (TPSA) is 0 Å². The minimum absolute atomic E-state index is 0.409. The molecule has 0 radical (unpaired) electrons. The van der Waals surface area contributed by atoms with E-state index in [4.69, 9.17) is 0 Å². The van der Waals surface area contributed by atoms with Crippen LogP contribution in [0.2, 0.25) is 0 Å². The highest BCUT2D eigenvalue weighted by molar-refractivity contribution is 9.09. The largest absolute Gasteiger partial charge is 0.0883 e. The predicted octanol–water partition coefficient (Wildman–Crippen LogP) is 5.22. The molecule has 0 N–H and O–H groups in total. The summed E-state index contributed by atoms with van der Waals surface area (Å²) in [6.45, 7) is 6.57. The van der Waals surface area contributed by atoms with Crippen molar-refractivity contribution in [2.24, 2.45) is 0 Å². The van der Waals surface area contributed by atoms with Gasteiger partial charge in [-0.1, -0.05) is 76.9 Å². The highest BCUT2D eigenvalue weighted by Crippen LogP contribution is 2.34. The Balaban J connectivity index is 2.49. The van der Waals surface area contributed by atoms with Gasteiger partial charge in [-0.15, -0.1) is 0 Å². The third-order valence-corrected chi connectivity index (χ3v) is 3.91. The zero-order valence-electron chi connectivity index (χ0n) is 11.2. The fourth-order valence-electron chi connectivity index (χ4n) is 2.53. The van der Waals surface area contributed by atoms with Gasteiger partial charge >= 0.3 is 0 Å². The van der Waals surface area contributed by atoms with Gasteiger partial charge < -0.3 is 0 Å². The average molecular weight is 303 g/mol. The van der Waals surface area contributed by atoms with E-state index in [1.54, 1.807) is 0 Å². The second kappa shape index (κ2) is 5.71. The molecule has 2 aromatic rings. The average Bonchev–Trinajstić information content (AvgIpc) is 2.33. The summed E-state index contributed by atoms with van der Waals surface area (Å²) >= 11 is 3.77. The Bertz CT molecular complexity index is 514. The first-order chi connectivity index (χ1) is 8.59. The second-order valence-electron chi connectivity index (χ2n) is 4.93. The van der Waals surface area contributed by atoms with Gasteiger partial charge in [0.05, 0.1) is 0 Å². The van der Waals surface area contributed by atoms with Crippen molar-refractivity contribution in [3.63, 3.8) is 0 Å². The molecule has 0 amide bonds. The van der Waals surface area contributed by atoms with Crippen LogP contribution in [0.4, 0.5) is 0 Å². The third kappa shape index (κ3) is 2.84. The van der Waals surface area contributed by atoms with Crippen LogP contribution in [0, 0.1) is 13.8 Å². The van der Waals surface area contributed by atoms with Gasteiger partial charge in [-0.2, -0.15) is 0 Å². The molecule has 0 saturated heterocycles. The van der Waals surface area contributed by atoms with Gasteiger partial charge in [-0.3, -0.25) is 0 Å². The van der Waals surface area contributed by atoms with Gasteiger partial charge in [0, 0.05) is 10.7 Å². The molecule has 0 aliphatic carbocycles. The molecule has 0 aliphatic heterocycles. The molecule has 94 valence electrons. The van der Waals surface area contributed by atoms with Crippen LogP contribution in [0.1, 0.15) is 35.1 Å². The van der Waals surface area contributed by atoms with Crippen molar-refractivity contribution < 1.29 is 0 Å². The maximum Gasteiger partial charge on any atom is 0.0227 e. The van der Waals surface area contributed by atoms with E-state index in [0.29, 0.717) is 10.7 Å². The molecule has 2 aromatic carbocycles. The van der Waals surface area contributed by atoms with Crippen LogP contribution in [-0.2, 0) is 0 Å².